The number of benzene rings is 1. The smallest absolute Gasteiger partial charge is 0.309 e. The van der Waals surface area contributed by atoms with Gasteiger partial charge in [-0.25, -0.2) is 14.6 Å². The average Bonchev–Trinajstić information content (AvgIpc) is 3.05. The molecule has 0 bridgehead atoms. The Kier molecular flexibility index (Phi) is 4.54. The summed E-state index contributed by atoms with van der Waals surface area (Å²) >= 11 is 0. The molecule has 0 radical (unpaired) electrons. The van der Waals surface area contributed by atoms with E-state index in [0.29, 0.717) is 17.2 Å². The van der Waals surface area contributed by atoms with E-state index in [1.807, 2.05) is 0 Å². The Balaban J connectivity index is 1.89. The largest absolute Gasteiger partial charge is 0.416 e. The molecule has 3 aromatic rings. The molecule has 0 aliphatic heterocycles. The summed E-state index contributed by atoms with van der Waals surface area (Å²) < 4.78 is 39.7. The summed E-state index contributed by atoms with van der Waals surface area (Å²) in [6.45, 7) is 1.78. The summed E-state index contributed by atoms with van der Waals surface area (Å²) in [5.74, 6) is 1.25. The second-order valence-electron chi connectivity index (χ2n) is 5.52. The minimum atomic E-state index is -4.34. The molecule has 1 aromatic carbocycles. The monoisotopic (exact) mass is 347 g/mol. The molecule has 0 spiro atoms. The van der Waals surface area contributed by atoms with Gasteiger partial charge in [0.2, 0.25) is 0 Å². The van der Waals surface area contributed by atoms with Gasteiger partial charge in [0.25, 0.3) is 0 Å². The van der Waals surface area contributed by atoms with Crippen LogP contribution in [0.3, 0.4) is 0 Å². The fourth-order valence-electron chi connectivity index (χ4n) is 2.57. The van der Waals surface area contributed by atoms with Gasteiger partial charge in [0.1, 0.15) is 5.82 Å². The molecule has 0 saturated heterocycles. The number of hydrogen-bond acceptors (Lipinski definition) is 4. The van der Waals surface area contributed by atoms with Crippen molar-refractivity contribution in [1.29, 1.82) is 0 Å². The highest BCUT2D eigenvalue weighted by Gasteiger charge is 2.30. The van der Waals surface area contributed by atoms with Crippen LogP contribution in [0, 0.1) is 6.92 Å². The molecule has 25 heavy (non-hydrogen) atoms. The van der Waals surface area contributed by atoms with E-state index in [1.54, 1.807) is 43.3 Å². The lowest BCUT2D eigenvalue weighted by molar-refractivity contribution is -0.137. The molecular weight excluding hydrogens is 331 g/mol. The Hall–Kier alpha value is -2.74. The number of rotatable bonds is 4. The molecular formula is C17H16F3N5. The Morgan fingerprint density at radius 2 is 1.80 bits per heavy atom. The van der Waals surface area contributed by atoms with Crippen molar-refractivity contribution in [1.82, 2.24) is 25.1 Å². The maximum absolute atomic E-state index is 12.7. The molecule has 1 N–H and O–H groups in total. The van der Waals surface area contributed by atoms with Crippen LogP contribution in [0.5, 0.6) is 0 Å². The van der Waals surface area contributed by atoms with Crippen molar-refractivity contribution in [3.63, 3.8) is 0 Å². The van der Waals surface area contributed by atoms with Crippen molar-refractivity contribution in [2.45, 2.75) is 19.1 Å². The van der Waals surface area contributed by atoms with E-state index in [0.717, 1.165) is 17.7 Å². The standard InChI is InChI=1S/C17H16F3N5/c1-11-22-8-7-15(24-11)25-10-13(9-23-25)16(21-2)12-3-5-14(6-4-12)17(18,19)20/h3-10,16,21H,1-2H3. The van der Waals surface area contributed by atoms with Crippen LogP contribution in [0.25, 0.3) is 5.82 Å². The zero-order chi connectivity index (χ0) is 18.0. The lowest BCUT2D eigenvalue weighted by Gasteiger charge is -2.16. The summed E-state index contributed by atoms with van der Waals surface area (Å²) in [7, 11) is 1.74. The van der Waals surface area contributed by atoms with Crippen LogP contribution in [0.1, 0.15) is 28.6 Å². The maximum atomic E-state index is 12.7. The van der Waals surface area contributed by atoms with Gasteiger partial charge in [0.05, 0.1) is 17.8 Å². The van der Waals surface area contributed by atoms with E-state index in [1.165, 1.54) is 12.1 Å². The van der Waals surface area contributed by atoms with Crippen molar-refractivity contribution < 1.29 is 13.2 Å². The SMILES string of the molecule is CNC(c1ccc(C(F)(F)F)cc1)c1cnn(-c2ccnc(C)n2)c1. The third-order valence-electron chi connectivity index (χ3n) is 3.79. The van der Waals surface area contributed by atoms with Crippen molar-refractivity contribution in [2.24, 2.45) is 0 Å². The number of nitrogens with one attached hydrogen (secondary N) is 1. The van der Waals surface area contributed by atoms with Crippen LogP contribution >= 0.6 is 0 Å². The normalized spacial score (nSPS) is 13.0. The topological polar surface area (TPSA) is 55.6 Å². The summed E-state index contributed by atoms with van der Waals surface area (Å²) in [5, 5.41) is 7.39. The van der Waals surface area contributed by atoms with E-state index in [4.69, 9.17) is 0 Å². The van der Waals surface area contributed by atoms with Crippen molar-refractivity contribution >= 4 is 0 Å². The first-order valence-corrected chi connectivity index (χ1v) is 7.57. The van der Waals surface area contributed by atoms with E-state index >= 15 is 0 Å². The number of nitrogens with zero attached hydrogens (tertiary/aromatic N) is 4. The van der Waals surface area contributed by atoms with Crippen molar-refractivity contribution in [3.05, 3.63) is 71.4 Å². The van der Waals surface area contributed by atoms with Crippen molar-refractivity contribution in [3.8, 4) is 5.82 Å². The molecule has 1 atom stereocenters. The molecule has 0 aliphatic rings. The fourth-order valence-corrected chi connectivity index (χ4v) is 2.57. The van der Waals surface area contributed by atoms with E-state index in [-0.39, 0.29) is 6.04 Å². The summed E-state index contributed by atoms with van der Waals surface area (Å²) in [6, 6.07) is 6.55. The Labute approximate surface area is 142 Å². The first-order chi connectivity index (χ1) is 11.9. The van der Waals surface area contributed by atoms with Crippen LogP contribution in [0.2, 0.25) is 0 Å². The van der Waals surface area contributed by atoms with E-state index < -0.39 is 11.7 Å². The lowest BCUT2D eigenvalue weighted by atomic mass is 10.0. The molecule has 2 heterocycles. The van der Waals surface area contributed by atoms with Crippen LogP contribution in [0.15, 0.2) is 48.9 Å². The molecule has 0 saturated carbocycles. The highest BCUT2D eigenvalue weighted by atomic mass is 19.4. The number of hydrogen-bond donors (Lipinski definition) is 1. The Morgan fingerprint density at radius 3 is 2.40 bits per heavy atom. The lowest BCUT2D eigenvalue weighted by Crippen LogP contribution is -2.17. The van der Waals surface area contributed by atoms with Crippen LogP contribution in [-0.2, 0) is 6.18 Å². The van der Waals surface area contributed by atoms with Crippen LogP contribution in [-0.4, -0.2) is 26.8 Å². The zero-order valence-corrected chi connectivity index (χ0v) is 13.6. The number of aryl methyl sites for hydroxylation is 1. The third kappa shape index (κ3) is 3.69. The second kappa shape index (κ2) is 6.64. The highest BCUT2D eigenvalue weighted by molar-refractivity contribution is 5.33. The molecule has 8 heteroatoms. The van der Waals surface area contributed by atoms with Crippen LogP contribution < -0.4 is 5.32 Å². The van der Waals surface area contributed by atoms with Crippen molar-refractivity contribution in [2.75, 3.05) is 7.05 Å². The molecule has 5 nitrogen and oxygen atoms in total. The van der Waals surface area contributed by atoms with Gasteiger partial charge in [0.15, 0.2) is 5.82 Å². The molecule has 0 fully saturated rings. The van der Waals surface area contributed by atoms with Gasteiger partial charge in [-0.3, -0.25) is 0 Å². The fraction of sp³-hybridized carbons (Fsp3) is 0.235. The summed E-state index contributed by atoms with van der Waals surface area (Å²) in [5.41, 5.74) is 0.866. The number of alkyl halides is 3. The van der Waals surface area contributed by atoms with Gasteiger partial charge in [-0.05, 0) is 31.7 Å². The van der Waals surface area contributed by atoms with E-state index in [2.05, 4.69) is 20.4 Å². The summed E-state index contributed by atoms with van der Waals surface area (Å²) in [6.07, 6.45) is 0.755. The molecule has 1 unspecified atom stereocenters. The highest BCUT2D eigenvalue weighted by Crippen LogP contribution is 2.31. The minimum Gasteiger partial charge on any atom is -0.309 e. The molecule has 3 rings (SSSR count). The van der Waals surface area contributed by atoms with Gasteiger partial charge < -0.3 is 5.32 Å². The summed E-state index contributed by atoms with van der Waals surface area (Å²) in [4.78, 5) is 8.34. The number of aromatic nitrogens is 4. The second-order valence-corrected chi connectivity index (χ2v) is 5.52. The predicted molar refractivity (Wildman–Crippen MR) is 86.2 cm³/mol. The third-order valence-corrected chi connectivity index (χ3v) is 3.79. The zero-order valence-electron chi connectivity index (χ0n) is 13.6. The number of halogens is 3. The minimum absolute atomic E-state index is 0.279. The molecule has 0 amide bonds. The quantitative estimate of drug-likeness (QED) is 0.787. The van der Waals surface area contributed by atoms with Gasteiger partial charge in [-0.1, -0.05) is 12.1 Å². The van der Waals surface area contributed by atoms with Crippen LogP contribution in [0.4, 0.5) is 13.2 Å². The van der Waals surface area contributed by atoms with E-state index in [9.17, 15) is 13.2 Å². The first kappa shape index (κ1) is 17.1. The van der Waals surface area contributed by atoms with Gasteiger partial charge >= 0.3 is 6.18 Å². The first-order valence-electron chi connectivity index (χ1n) is 7.57. The Bertz CT molecular complexity index is 855. The maximum Gasteiger partial charge on any atom is 0.416 e. The molecule has 130 valence electrons. The Morgan fingerprint density at radius 1 is 1.08 bits per heavy atom. The molecule has 0 aliphatic carbocycles. The van der Waals surface area contributed by atoms with Gasteiger partial charge in [0, 0.05) is 24.0 Å². The predicted octanol–water partition coefficient (Wildman–Crippen LogP) is 3.30. The average molecular weight is 347 g/mol. The molecule has 2 aromatic heterocycles. The van der Waals surface area contributed by atoms with Gasteiger partial charge in [-0.2, -0.15) is 18.3 Å². The van der Waals surface area contributed by atoms with Gasteiger partial charge in [-0.15, -0.1) is 0 Å².